The second kappa shape index (κ2) is 8.57. The maximum atomic E-state index is 6.27. The molecule has 0 fully saturated rings. The molecule has 0 radical (unpaired) electrons. The highest BCUT2D eigenvalue weighted by Gasteiger charge is 2.17. The number of hydrogen-bond donors (Lipinski definition) is 0. The van der Waals surface area contributed by atoms with E-state index >= 15 is 0 Å². The van der Waals surface area contributed by atoms with E-state index in [0.717, 1.165) is 64.5 Å². The van der Waals surface area contributed by atoms with E-state index in [4.69, 9.17) is 14.1 Å². The van der Waals surface area contributed by atoms with Crippen LogP contribution in [0.5, 0.6) is 5.19 Å². The van der Waals surface area contributed by atoms with E-state index in [2.05, 4.69) is 65.5 Å². The first kappa shape index (κ1) is 20.9. The minimum absolute atomic E-state index is 0.591. The molecular formula is C27H24N4O2S. The molecule has 34 heavy (non-hydrogen) atoms. The van der Waals surface area contributed by atoms with E-state index in [-0.39, 0.29) is 0 Å². The number of allylic oxidation sites excluding steroid dienone is 2. The Kier molecular flexibility index (Phi) is 5.26. The van der Waals surface area contributed by atoms with Crippen molar-refractivity contribution in [2.45, 2.75) is 32.6 Å². The van der Waals surface area contributed by atoms with Crippen LogP contribution in [-0.2, 0) is 12.8 Å². The summed E-state index contributed by atoms with van der Waals surface area (Å²) in [4.78, 5) is 10.4. The summed E-state index contributed by atoms with van der Waals surface area (Å²) in [5.41, 5.74) is 7.75. The third-order valence-electron chi connectivity index (χ3n) is 6.21. The lowest BCUT2D eigenvalue weighted by Crippen LogP contribution is -1.95. The molecule has 0 saturated carbocycles. The molecule has 3 aromatic heterocycles. The average molecular weight is 469 g/mol. The van der Waals surface area contributed by atoms with Gasteiger partial charge in [0, 0.05) is 17.5 Å². The number of rotatable bonds is 7. The van der Waals surface area contributed by atoms with Gasteiger partial charge in [0.15, 0.2) is 5.76 Å². The summed E-state index contributed by atoms with van der Waals surface area (Å²) in [6.07, 6.45) is 7.82. The summed E-state index contributed by atoms with van der Waals surface area (Å²) in [5, 5.41) is 6.10. The molecule has 7 heteroatoms. The van der Waals surface area contributed by atoms with Crippen molar-refractivity contribution in [1.29, 1.82) is 0 Å². The van der Waals surface area contributed by atoms with Crippen LogP contribution < -0.4 is 4.74 Å². The van der Waals surface area contributed by atoms with Gasteiger partial charge < -0.3 is 9.15 Å². The monoisotopic (exact) mass is 468 g/mol. The Morgan fingerprint density at radius 3 is 2.79 bits per heavy atom. The molecule has 6 nitrogen and oxygen atoms in total. The van der Waals surface area contributed by atoms with Crippen LogP contribution in [0.1, 0.15) is 36.5 Å². The number of methoxy groups -OCH3 is 1. The maximum Gasteiger partial charge on any atom is 0.294 e. The largest absolute Gasteiger partial charge is 0.472 e. The molecule has 0 N–H and O–H groups in total. The van der Waals surface area contributed by atoms with Gasteiger partial charge in [-0.1, -0.05) is 49.4 Å². The molecule has 1 aliphatic rings. The van der Waals surface area contributed by atoms with Crippen LogP contribution in [0.2, 0.25) is 0 Å². The Bertz CT molecular complexity index is 1520. The van der Waals surface area contributed by atoms with Gasteiger partial charge in [0.25, 0.3) is 5.19 Å². The van der Waals surface area contributed by atoms with Gasteiger partial charge >= 0.3 is 0 Å². The third kappa shape index (κ3) is 3.82. The first-order valence-electron chi connectivity index (χ1n) is 11.5. The second-order valence-corrected chi connectivity index (χ2v) is 9.30. The Hall–Kier alpha value is -3.71. The number of fused-ring (bicyclic) bond motifs is 2. The zero-order valence-electron chi connectivity index (χ0n) is 19.1. The van der Waals surface area contributed by atoms with Crippen LogP contribution in [0.3, 0.4) is 0 Å². The minimum Gasteiger partial charge on any atom is -0.472 e. The first-order valence-corrected chi connectivity index (χ1v) is 12.3. The maximum absolute atomic E-state index is 6.27. The summed E-state index contributed by atoms with van der Waals surface area (Å²) in [5.74, 6) is 0.755. The smallest absolute Gasteiger partial charge is 0.294 e. The molecular weight excluding hydrogens is 444 g/mol. The molecule has 1 aliphatic heterocycles. The molecule has 0 atom stereocenters. The number of aryl methyl sites for hydroxylation is 2. The van der Waals surface area contributed by atoms with Crippen molar-refractivity contribution in [3.05, 3.63) is 83.2 Å². The fourth-order valence-electron chi connectivity index (χ4n) is 4.41. The van der Waals surface area contributed by atoms with E-state index in [1.54, 1.807) is 11.6 Å². The third-order valence-corrected chi connectivity index (χ3v) is 7.09. The fraction of sp³-hybridized carbons (Fsp3) is 0.222. The Morgan fingerprint density at radius 1 is 1.12 bits per heavy atom. The molecule has 6 rings (SSSR count). The zero-order valence-corrected chi connectivity index (χ0v) is 19.9. The molecule has 0 aliphatic carbocycles. The lowest BCUT2D eigenvalue weighted by Gasteiger charge is -2.06. The molecule has 2 aromatic carbocycles. The number of benzene rings is 2. The first-order chi connectivity index (χ1) is 16.7. The van der Waals surface area contributed by atoms with Gasteiger partial charge in [-0.05, 0) is 59.4 Å². The van der Waals surface area contributed by atoms with Crippen molar-refractivity contribution in [2.24, 2.45) is 4.99 Å². The molecule has 0 amide bonds. The van der Waals surface area contributed by atoms with E-state index in [9.17, 15) is 0 Å². The van der Waals surface area contributed by atoms with Crippen LogP contribution in [-0.4, -0.2) is 27.4 Å². The predicted octanol–water partition coefficient (Wildman–Crippen LogP) is 6.48. The number of nitrogens with zero attached hydrogens (tertiary/aromatic N) is 4. The number of ether oxygens (including phenoxy) is 1. The quantitative estimate of drug-likeness (QED) is 0.274. The van der Waals surface area contributed by atoms with Crippen LogP contribution in [0.15, 0.2) is 75.9 Å². The number of furan rings is 1. The highest BCUT2D eigenvalue weighted by Crippen LogP contribution is 2.33. The molecule has 170 valence electrons. The van der Waals surface area contributed by atoms with Crippen molar-refractivity contribution in [1.82, 2.24) is 14.6 Å². The van der Waals surface area contributed by atoms with Crippen LogP contribution in [0, 0.1) is 0 Å². The molecule has 0 spiro atoms. The van der Waals surface area contributed by atoms with Crippen molar-refractivity contribution in [3.8, 4) is 16.6 Å². The van der Waals surface area contributed by atoms with E-state index in [0.29, 0.717) is 5.19 Å². The van der Waals surface area contributed by atoms with Crippen molar-refractivity contribution in [3.63, 3.8) is 0 Å². The second-order valence-electron chi connectivity index (χ2n) is 8.38. The molecule has 0 saturated heterocycles. The van der Waals surface area contributed by atoms with E-state index in [1.807, 2.05) is 12.3 Å². The van der Waals surface area contributed by atoms with Crippen LogP contribution in [0.25, 0.3) is 27.4 Å². The summed E-state index contributed by atoms with van der Waals surface area (Å²) in [7, 11) is 1.61. The normalized spacial score (nSPS) is 13.6. The Morgan fingerprint density at radius 2 is 2.00 bits per heavy atom. The van der Waals surface area contributed by atoms with Gasteiger partial charge in [-0.2, -0.15) is 0 Å². The van der Waals surface area contributed by atoms with E-state index in [1.165, 1.54) is 28.0 Å². The van der Waals surface area contributed by atoms with Crippen molar-refractivity contribution >= 4 is 33.0 Å². The van der Waals surface area contributed by atoms with Crippen molar-refractivity contribution in [2.75, 3.05) is 7.11 Å². The Balaban J connectivity index is 1.28. The highest BCUT2D eigenvalue weighted by molar-refractivity contribution is 7.18. The Labute approximate surface area is 201 Å². The van der Waals surface area contributed by atoms with Crippen LogP contribution in [0.4, 0.5) is 0 Å². The standard InChI is InChI=1S/C27H24N4O2S/c1-3-17-13-19(9-10-20-11-12-22(28-20)18-7-5-4-6-8-18)21-15-25(33-24(21)14-17)23-16-31-26(29-23)34-27(30-31)32-2/h4-8,11,13-16H,3,9-10,12H2,1-2H3. The van der Waals surface area contributed by atoms with Gasteiger partial charge in [0.1, 0.15) is 11.3 Å². The van der Waals surface area contributed by atoms with Gasteiger partial charge in [0.05, 0.1) is 19.0 Å². The predicted molar refractivity (Wildman–Crippen MR) is 136 cm³/mol. The topological polar surface area (TPSA) is 64.9 Å². The lowest BCUT2D eigenvalue weighted by atomic mass is 10.00. The van der Waals surface area contributed by atoms with Crippen molar-refractivity contribution < 1.29 is 9.15 Å². The summed E-state index contributed by atoms with van der Waals surface area (Å²) in [6, 6.07) is 17.0. The average Bonchev–Trinajstić information content (AvgIpc) is 3.65. The minimum atomic E-state index is 0.591. The number of aromatic nitrogens is 3. The highest BCUT2D eigenvalue weighted by atomic mass is 32.1. The molecule has 4 heterocycles. The van der Waals surface area contributed by atoms with Crippen LogP contribution >= 0.6 is 11.3 Å². The van der Waals surface area contributed by atoms with Gasteiger partial charge in [-0.3, -0.25) is 4.99 Å². The number of imidazole rings is 1. The number of hydrogen-bond acceptors (Lipinski definition) is 6. The number of aliphatic imine (C=N–C) groups is 1. The summed E-state index contributed by atoms with van der Waals surface area (Å²) < 4.78 is 13.2. The van der Waals surface area contributed by atoms with Gasteiger partial charge in [-0.15, -0.1) is 5.10 Å². The van der Waals surface area contributed by atoms with Gasteiger partial charge in [0.2, 0.25) is 4.96 Å². The molecule has 5 aromatic rings. The molecule has 0 unspecified atom stereocenters. The molecule has 0 bridgehead atoms. The summed E-state index contributed by atoms with van der Waals surface area (Å²) >= 11 is 1.41. The SMILES string of the molecule is CCc1cc(CCC2=CCC(c3ccccc3)=N2)c2cc(-c3cn4nc(OC)sc4n3)oc2c1. The van der Waals surface area contributed by atoms with E-state index < -0.39 is 0 Å². The zero-order chi connectivity index (χ0) is 23.1. The lowest BCUT2D eigenvalue weighted by molar-refractivity contribution is 0.405. The summed E-state index contributed by atoms with van der Waals surface area (Å²) in [6.45, 7) is 2.17. The fourth-order valence-corrected chi connectivity index (χ4v) is 5.11. The van der Waals surface area contributed by atoms with Gasteiger partial charge in [-0.25, -0.2) is 9.50 Å².